The first-order valence-corrected chi connectivity index (χ1v) is 7.00. The van der Waals surface area contributed by atoms with Crippen LogP contribution in [-0.4, -0.2) is 16.8 Å². The number of aromatic nitrogens is 2. The van der Waals surface area contributed by atoms with Gasteiger partial charge in [0.2, 0.25) is 0 Å². The lowest BCUT2D eigenvalue weighted by Gasteiger charge is -2.20. The Labute approximate surface area is 119 Å². The van der Waals surface area contributed by atoms with Crippen molar-refractivity contribution in [2.75, 3.05) is 7.05 Å². The molecule has 1 atom stereocenters. The lowest BCUT2D eigenvalue weighted by Crippen LogP contribution is -2.22. The van der Waals surface area contributed by atoms with E-state index >= 15 is 0 Å². The molecule has 1 aromatic heterocycles. The molecule has 0 saturated heterocycles. The number of nitrogens with one attached hydrogen (secondary N) is 1. The number of rotatable bonds is 5. The molecule has 4 heteroatoms. The minimum atomic E-state index is 0.0708. The van der Waals surface area contributed by atoms with Gasteiger partial charge in [-0.3, -0.25) is 4.68 Å². The van der Waals surface area contributed by atoms with Crippen molar-refractivity contribution >= 4 is 11.6 Å². The molecule has 0 amide bonds. The maximum Gasteiger partial charge on any atom is 0.0760 e. The Balaban J connectivity index is 2.44. The van der Waals surface area contributed by atoms with Crippen molar-refractivity contribution in [1.82, 2.24) is 15.1 Å². The quantitative estimate of drug-likeness (QED) is 0.906. The fourth-order valence-electron chi connectivity index (χ4n) is 2.34. The second kappa shape index (κ2) is 6.22. The highest BCUT2D eigenvalue weighted by Crippen LogP contribution is 2.30. The number of aryl methyl sites for hydroxylation is 2. The fraction of sp³-hybridized carbons (Fsp3) is 0.400. The van der Waals surface area contributed by atoms with Gasteiger partial charge in [-0.15, -0.1) is 0 Å². The van der Waals surface area contributed by atoms with E-state index in [0.717, 1.165) is 34.8 Å². The summed E-state index contributed by atoms with van der Waals surface area (Å²) in [6.45, 7) is 5.10. The minimum Gasteiger partial charge on any atom is -0.308 e. The third-order valence-corrected chi connectivity index (χ3v) is 3.82. The first-order chi connectivity index (χ1) is 9.19. The van der Waals surface area contributed by atoms with E-state index in [-0.39, 0.29) is 6.04 Å². The van der Waals surface area contributed by atoms with E-state index in [4.69, 9.17) is 11.6 Å². The largest absolute Gasteiger partial charge is 0.308 e. The number of benzene rings is 1. The van der Waals surface area contributed by atoms with Crippen LogP contribution in [0, 0.1) is 6.92 Å². The lowest BCUT2D eigenvalue weighted by atomic mass is 10.0. The van der Waals surface area contributed by atoms with E-state index in [9.17, 15) is 0 Å². The maximum absolute atomic E-state index is 6.44. The van der Waals surface area contributed by atoms with Crippen molar-refractivity contribution in [2.24, 2.45) is 0 Å². The van der Waals surface area contributed by atoms with Crippen molar-refractivity contribution in [1.29, 1.82) is 0 Å². The Bertz CT molecular complexity index is 548. The van der Waals surface area contributed by atoms with Crippen molar-refractivity contribution < 1.29 is 0 Å². The zero-order valence-electron chi connectivity index (χ0n) is 11.7. The van der Waals surface area contributed by atoms with Crippen molar-refractivity contribution in [2.45, 2.75) is 32.9 Å². The topological polar surface area (TPSA) is 29.9 Å². The highest BCUT2D eigenvalue weighted by molar-refractivity contribution is 6.32. The summed E-state index contributed by atoms with van der Waals surface area (Å²) >= 11 is 6.44. The van der Waals surface area contributed by atoms with Crippen molar-refractivity contribution in [3.63, 3.8) is 0 Å². The van der Waals surface area contributed by atoms with Crippen LogP contribution in [0.3, 0.4) is 0 Å². The summed E-state index contributed by atoms with van der Waals surface area (Å²) in [7, 11) is 1.95. The van der Waals surface area contributed by atoms with Gasteiger partial charge < -0.3 is 5.32 Å². The molecule has 1 aromatic carbocycles. The van der Waals surface area contributed by atoms with Crippen LogP contribution in [0.2, 0.25) is 5.02 Å². The van der Waals surface area contributed by atoms with Crippen LogP contribution in [0.25, 0.3) is 0 Å². The van der Waals surface area contributed by atoms with Crippen molar-refractivity contribution in [3.05, 3.63) is 52.3 Å². The maximum atomic E-state index is 6.44. The SMILES string of the molecule is CCCn1nccc1C(NC)c1cccc(C)c1Cl. The predicted molar refractivity (Wildman–Crippen MR) is 79.6 cm³/mol. The van der Waals surface area contributed by atoms with Gasteiger partial charge in [-0.25, -0.2) is 0 Å². The lowest BCUT2D eigenvalue weighted by molar-refractivity contribution is 0.534. The van der Waals surface area contributed by atoms with E-state index in [0.29, 0.717) is 0 Å². The van der Waals surface area contributed by atoms with E-state index in [2.05, 4.69) is 29.5 Å². The molecule has 0 fully saturated rings. The Morgan fingerprint density at radius 3 is 2.84 bits per heavy atom. The van der Waals surface area contributed by atoms with Gasteiger partial charge >= 0.3 is 0 Å². The number of hydrogen-bond acceptors (Lipinski definition) is 2. The molecule has 0 aliphatic heterocycles. The summed E-state index contributed by atoms with van der Waals surface area (Å²) in [6.07, 6.45) is 2.91. The summed E-state index contributed by atoms with van der Waals surface area (Å²) in [5, 5.41) is 8.55. The molecule has 0 bridgehead atoms. The first kappa shape index (κ1) is 14.1. The number of hydrogen-bond donors (Lipinski definition) is 1. The van der Waals surface area contributed by atoms with E-state index in [1.165, 1.54) is 0 Å². The smallest absolute Gasteiger partial charge is 0.0760 e. The molecule has 1 heterocycles. The third kappa shape index (κ3) is 2.82. The van der Waals surface area contributed by atoms with E-state index in [1.807, 2.05) is 37.0 Å². The first-order valence-electron chi connectivity index (χ1n) is 6.63. The molecule has 2 aromatic rings. The molecule has 0 spiro atoms. The van der Waals surface area contributed by atoms with Crippen LogP contribution in [0.4, 0.5) is 0 Å². The molecule has 3 nitrogen and oxygen atoms in total. The van der Waals surface area contributed by atoms with Crippen LogP contribution in [0.5, 0.6) is 0 Å². The Hall–Kier alpha value is -1.32. The van der Waals surface area contributed by atoms with Gasteiger partial charge in [0.25, 0.3) is 0 Å². The predicted octanol–water partition coefficient (Wildman–Crippen LogP) is 3.56. The van der Waals surface area contributed by atoms with Gasteiger partial charge in [0.15, 0.2) is 0 Å². The highest BCUT2D eigenvalue weighted by Gasteiger charge is 2.19. The van der Waals surface area contributed by atoms with E-state index < -0.39 is 0 Å². The van der Waals surface area contributed by atoms with Gasteiger partial charge in [0.05, 0.1) is 11.7 Å². The molecular formula is C15H20ClN3. The molecular weight excluding hydrogens is 258 g/mol. The van der Waals surface area contributed by atoms with Gasteiger partial charge in [-0.05, 0) is 37.6 Å². The van der Waals surface area contributed by atoms with Gasteiger partial charge in [-0.1, -0.05) is 36.7 Å². The summed E-state index contributed by atoms with van der Waals surface area (Å²) < 4.78 is 2.04. The monoisotopic (exact) mass is 277 g/mol. The van der Waals surface area contributed by atoms with Crippen LogP contribution in [0.1, 0.15) is 36.2 Å². The van der Waals surface area contributed by atoms with Crippen LogP contribution in [-0.2, 0) is 6.54 Å². The Kier molecular flexibility index (Phi) is 4.61. The Morgan fingerprint density at radius 2 is 2.16 bits per heavy atom. The van der Waals surface area contributed by atoms with Crippen molar-refractivity contribution in [3.8, 4) is 0 Å². The standard InChI is InChI=1S/C15H20ClN3/c1-4-10-19-13(8-9-18-19)15(17-3)12-7-5-6-11(2)14(12)16/h5-9,15,17H,4,10H2,1-3H3. The summed E-state index contributed by atoms with van der Waals surface area (Å²) in [4.78, 5) is 0. The van der Waals surface area contributed by atoms with Gasteiger partial charge in [-0.2, -0.15) is 5.10 Å². The molecule has 102 valence electrons. The zero-order valence-corrected chi connectivity index (χ0v) is 12.4. The molecule has 0 radical (unpaired) electrons. The minimum absolute atomic E-state index is 0.0708. The third-order valence-electron chi connectivity index (χ3n) is 3.30. The molecule has 0 saturated carbocycles. The summed E-state index contributed by atoms with van der Waals surface area (Å²) in [5.41, 5.74) is 3.35. The molecule has 19 heavy (non-hydrogen) atoms. The summed E-state index contributed by atoms with van der Waals surface area (Å²) in [6, 6.07) is 8.26. The Morgan fingerprint density at radius 1 is 1.37 bits per heavy atom. The van der Waals surface area contributed by atoms with Gasteiger partial charge in [0, 0.05) is 17.8 Å². The highest BCUT2D eigenvalue weighted by atomic mass is 35.5. The van der Waals surface area contributed by atoms with Crippen LogP contribution >= 0.6 is 11.6 Å². The van der Waals surface area contributed by atoms with Gasteiger partial charge in [0.1, 0.15) is 0 Å². The second-order valence-corrected chi connectivity index (χ2v) is 5.06. The average molecular weight is 278 g/mol. The number of nitrogens with zero attached hydrogens (tertiary/aromatic N) is 2. The fourth-order valence-corrected chi connectivity index (χ4v) is 2.58. The van der Waals surface area contributed by atoms with E-state index in [1.54, 1.807) is 0 Å². The normalized spacial score (nSPS) is 12.6. The molecule has 1 unspecified atom stereocenters. The number of halogens is 1. The molecule has 1 N–H and O–H groups in total. The zero-order chi connectivity index (χ0) is 13.8. The molecule has 0 aliphatic rings. The van der Waals surface area contributed by atoms with Crippen LogP contribution in [0.15, 0.2) is 30.5 Å². The average Bonchev–Trinajstić information content (AvgIpc) is 2.84. The second-order valence-electron chi connectivity index (χ2n) is 4.68. The molecule has 0 aliphatic carbocycles. The molecule has 2 rings (SSSR count). The van der Waals surface area contributed by atoms with Crippen LogP contribution < -0.4 is 5.32 Å². The summed E-state index contributed by atoms with van der Waals surface area (Å²) in [5.74, 6) is 0.